The van der Waals surface area contributed by atoms with Crippen LogP contribution in [-0.4, -0.2) is 81.9 Å². The molecule has 5 aromatic rings. The number of aryl methyl sites for hydroxylation is 1. The van der Waals surface area contributed by atoms with Crippen molar-refractivity contribution in [3.05, 3.63) is 93.8 Å². The second-order valence-corrected chi connectivity index (χ2v) is 16.9. The van der Waals surface area contributed by atoms with E-state index in [-0.39, 0.29) is 71.0 Å². The minimum absolute atomic E-state index is 0.0880. The van der Waals surface area contributed by atoms with Crippen LogP contribution >= 0.6 is 11.6 Å². The molecule has 0 N–H and O–H groups in total. The molecule has 0 aliphatic carbocycles. The minimum Gasteiger partial charge on any atom is -0.497 e. The first-order valence-electron chi connectivity index (χ1n) is 18.7. The van der Waals surface area contributed by atoms with E-state index in [2.05, 4.69) is 15.0 Å². The highest BCUT2D eigenvalue weighted by atomic mass is 35.5. The standard InChI is InChI=1S/C42H45ClF4N6O5S/c1-24-19-32(52(22-26-9-13-28(56-6)14-10-26)23-27-11-15-29(57-7)16-12-27)48-37(34(24)42(45,46)47)33-31(43)20-30-36(35(33)44)49-39(59(8)55)50-38(30)53-18-17-51(21-25(53)2)40(54)58-41(3,4)5/h9-16,19-20,25H,17-18,21-23H2,1-8H3/t25-,59?/m0/s1. The van der Waals surface area contributed by atoms with Gasteiger partial charge in [0.05, 0.1) is 46.9 Å². The Hall–Kier alpha value is -5.22. The lowest BCUT2D eigenvalue weighted by Gasteiger charge is -2.41. The van der Waals surface area contributed by atoms with Crippen LogP contribution in [0.2, 0.25) is 5.02 Å². The van der Waals surface area contributed by atoms with Gasteiger partial charge < -0.3 is 28.9 Å². The summed E-state index contributed by atoms with van der Waals surface area (Å²) in [5.41, 5.74) is -2.21. The van der Waals surface area contributed by atoms with Crippen molar-refractivity contribution in [2.24, 2.45) is 0 Å². The van der Waals surface area contributed by atoms with E-state index in [0.717, 1.165) is 11.1 Å². The number of carbonyl (C=O) groups is 1. The van der Waals surface area contributed by atoms with Crippen molar-refractivity contribution in [3.8, 4) is 22.8 Å². The van der Waals surface area contributed by atoms with Crippen molar-refractivity contribution in [3.63, 3.8) is 0 Å². The summed E-state index contributed by atoms with van der Waals surface area (Å²) in [5.74, 6) is 0.366. The number of amides is 1. The van der Waals surface area contributed by atoms with Gasteiger partial charge in [0.15, 0.2) is 5.82 Å². The van der Waals surface area contributed by atoms with E-state index < -0.39 is 57.4 Å². The molecule has 1 unspecified atom stereocenters. The van der Waals surface area contributed by atoms with Gasteiger partial charge in [0.1, 0.15) is 34.3 Å². The molecule has 1 amide bonds. The maximum absolute atomic E-state index is 17.3. The summed E-state index contributed by atoms with van der Waals surface area (Å²) < 4.78 is 91.6. The number of halogens is 5. The van der Waals surface area contributed by atoms with Gasteiger partial charge in [-0.2, -0.15) is 13.2 Å². The van der Waals surface area contributed by atoms with Gasteiger partial charge in [-0.15, -0.1) is 0 Å². The fourth-order valence-corrected chi connectivity index (χ4v) is 7.68. The number of aromatic nitrogens is 3. The van der Waals surface area contributed by atoms with Crippen molar-refractivity contribution in [1.82, 2.24) is 19.9 Å². The molecule has 1 aliphatic rings. The number of fused-ring (bicyclic) bond motifs is 1. The molecular formula is C42H45ClF4N6O5S. The lowest BCUT2D eigenvalue weighted by atomic mass is 9.98. The smallest absolute Gasteiger partial charge is 0.418 e. The van der Waals surface area contributed by atoms with Crippen LogP contribution in [0, 0.1) is 12.7 Å². The molecule has 0 bridgehead atoms. The maximum Gasteiger partial charge on any atom is 0.418 e. The number of pyridine rings is 1. The molecule has 6 rings (SSSR count). The quantitative estimate of drug-likeness (QED) is 0.0997. The second kappa shape index (κ2) is 17.2. The third kappa shape index (κ3) is 9.65. The molecule has 2 atom stereocenters. The Labute approximate surface area is 347 Å². The first-order valence-corrected chi connectivity index (χ1v) is 20.6. The fraction of sp³-hybridized carbons (Fsp3) is 0.381. The zero-order valence-electron chi connectivity index (χ0n) is 33.9. The molecular weight excluding hydrogens is 812 g/mol. The number of rotatable bonds is 10. The molecule has 2 aromatic heterocycles. The third-order valence-electron chi connectivity index (χ3n) is 9.76. The van der Waals surface area contributed by atoms with Crippen LogP contribution in [0.25, 0.3) is 22.2 Å². The molecule has 1 fully saturated rings. The topological polar surface area (TPSA) is 110 Å². The van der Waals surface area contributed by atoms with Crippen LogP contribution in [0.15, 0.2) is 65.8 Å². The number of benzene rings is 3. The Morgan fingerprint density at radius 3 is 2.00 bits per heavy atom. The number of hydrogen-bond acceptors (Lipinski definition) is 10. The largest absolute Gasteiger partial charge is 0.497 e. The van der Waals surface area contributed by atoms with E-state index in [9.17, 15) is 9.00 Å². The Morgan fingerprint density at radius 2 is 1.51 bits per heavy atom. The Kier molecular flexibility index (Phi) is 12.6. The van der Waals surface area contributed by atoms with Gasteiger partial charge in [-0.25, -0.2) is 24.1 Å². The van der Waals surface area contributed by atoms with Crippen molar-refractivity contribution >= 4 is 51.0 Å². The summed E-state index contributed by atoms with van der Waals surface area (Å²) >= 11 is 6.85. The number of alkyl halides is 3. The molecule has 0 saturated carbocycles. The van der Waals surface area contributed by atoms with Crippen LogP contribution in [0.5, 0.6) is 11.5 Å². The number of ether oxygens (including phenoxy) is 3. The maximum atomic E-state index is 17.3. The van der Waals surface area contributed by atoms with Crippen LogP contribution in [0.1, 0.15) is 49.9 Å². The van der Waals surface area contributed by atoms with Crippen LogP contribution < -0.4 is 19.3 Å². The van der Waals surface area contributed by atoms with Crippen LogP contribution in [0.4, 0.5) is 34.0 Å². The number of carbonyl (C=O) groups excluding carboxylic acids is 1. The highest BCUT2D eigenvalue weighted by Gasteiger charge is 2.40. The molecule has 3 heterocycles. The van der Waals surface area contributed by atoms with Crippen LogP contribution in [-0.2, 0) is 34.8 Å². The number of anilines is 2. The normalized spacial score (nSPS) is 15.3. The molecule has 59 heavy (non-hydrogen) atoms. The number of methoxy groups -OCH3 is 2. The first-order chi connectivity index (χ1) is 27.8. The molecule has 1 aliphatic heterocycles. The zero-order chi connectivity index (χ0) is 43.0. The molecule has 314 valence electrons. The molecule has 3 aromatic carbocycles. The van der Waals surface area contributed by atoms with E-state index in [1.807, 2.05) is 31.2 Å². The zero-order valence-corrected chi connectivity index (χ0v) is 35.5. The summed E-state index contributed by atoms with van der Waals surface area (Å²) in [7, 11) is 1.26. The monoisotopic (exact) mass is 856 g/mol. The van der Waals surface area contributed by atoms with Crippen molar-refractivity contribution in [2.45, 2.75) is 70.7 Å². The average molecular weight is 857 g/mol. The van der Waals surface area contributed by atoms with Crippen LogP contribution in [0.3, 0.4) is 0 Å². The number of nitrogens with zero attached hydrogens (tertiary/aromatic N) is 6. The SMILES string of the molecule is COc1ccc(CN(Cc2ccc(OC)cc2)c2cc(C)c(C(F)(F)F)c(-c3c(Cl)cc4c(N5CCN(C(=O)OC(C)(C)C)C[C@@H]5C)nc(S(C)=O)nc4c3F)n2)cc1. The Bertz CT molecular complexity index is 2330. The number of hydrogen-bond donors (Lipinski definition) is 0. The van der Waals surface area contributed by atoms with E-state index in [1.165, 1.54) is 25.3 Å². The molecule has 1 saturated heterocycles. The van der Waals surface area contributed by atoms with Gasteiger partial charge in [0.2, 0.25) is 5.16 Å². The Morgan fingerprint density at radius 1 is 0.932 bits per heavy atom. The van der Waals surface area contributed by atoms with Gasteiger partial charge >= 0.3 is 12.3 Å². The predicted octanol–water partition coefficient (Wildman–Crippen LogP) is 9.22. The van der Waals surface area contributed by atoms with E-state index in [0.29, 0.717) is 11.5 Å². The number of piperazine rings is 1. The highest BCUT2D eigenvalue weighted by molar-refractivity contribution is 7.84. The summed E-state index contributed by atoms with van der Waals surface area (Å²) in [6, 6.07) is 16.7. The third-order valence-corrected chi connectivity index (χ3v) is 10.8. The molecule has 0 spiro atoms. The lowest BCUT2D eigenvalue weighted by Crippen LogP contribution is -2.55. The summed E-state index contributed by atoms with van der Waals surface area (Å²) in [5, 5.41) is -0.512. The Balaban J connectivity index is 1.50. The second-order valence-electron chi connectivity index (χ2n) is 15.3. The lowest BCUT2D eigenvalue weighted by molar-refractivity contribution is -0.137. The van der Waals surface area contributed by atoms with Gasteiger partial charge in [-0.1, -0.05) is 35.9 Å². The fourth-order valence-electron chi connectivity index (χ4n) is 6.97. The molecule has 17 heteroatoms. The van der Waals surface area contributed by atoms with Gasteiger partial charge in [-0.05, 0) is 87.7 Å². The predicted molar refractivity (Wildman–Crippen MR) is 220 cm³/mol. The van der Waals surface area contributed by atoms with E-state index in [1.54, 1.807) is 74.0 Å². The summed E-state index contributed by atoms with van der Waals surface area (Å²) in [6.45, 7) is 9.50. The highest BCUT2D eigenvalue weighted by Crippen LogP contribution is 2.45. The van der Waals surface area contributed by atoms with Crippen molar-refractivity contribution in [2.75, 3.05) is 49.9 Å². The average Bonchev–Trinajstić information content (AvgIpc) is 3.16. The summed E-state index contributed by atoms with van der Waals surface area (Å²) in [4.78, 5) is 31.4. The van der Waals surface area contributed by atoms with E-state index >= 15 is 17.6 Å². The van der Waals surface area contributed by atoms with Gasteiger partial charge in [0.25, 0.3) is 0 Å². The van der Waals surface area contributed by atoms with Gasteiger partial charge in [-0.3, -0.25) is 4.21 Å². The van der Waals surface area contributed by atoms with Crippen molar-refractivity contribution < 1.29 is 40.8 Å². The minimum atomic E-state index is -4.97. The first kappa shape index (κ1) is 43.4. The summed E-state index contributed by atoms with van der Waals surface area (Å²) in [6.07, 6.45) is -4.15. The van der Waals surface area contributed by atoms with Gasteiger partial charge in [0, 0.05) is 50.4 Å². The molecule has 0 radical (unpaired) electrons. The molecule has 11 nitrogen and oxygen atoms in total. The van der Waals surface area contributed by atoms with E-state index in [4.69, 9.17) is 25.8 Å². The van der Waals surface area contributed by atoms with Crippen molar-refractivity contribution in [1.29, 1.82) is 0 Å².